The van der Waals surface area contributed by atoms with Crippen molar-refractivity contribution in [3.05, 3.63) is 184 Å². The number of aryl methyl sites for hydroxylation is 1. The van der Waals surface area contributed by atoms with E-state index >= 15 is 0 Å². The van der Waals surface area contributed by atoms with Crippen LogP contribution in [-0.4, -0.2) is 65.3 Å². The highest BCUT2D eigenvalue weighted by Crippen LogP contribution is 2.23. The fraction of sp³-hybridized carbons (Fsp3) is 0.231. The van der Waals surface area contributed by atoms with Crippen molar-refractivity contribution in [3.63, 3.8) is 0 Å². The van der Waals surface area contributed by atoms with E-state index in [1.54, 1.807) is 36.4 Å². The van der Waals surface area contributed by atoms with Crippen LogP contribution in [-0.2, 0) is 61.0 Å². The van der Waals surface area contributed by atoms with Gasteiger partial charge in [0.1, 0.15) is 24.4 Å². The van der Waals surface area contributed by atoms with Crippen molar-refractivity contribution < 1.29 is 43.3 Å². The zero-order chi connectivity index (χ0) is 45.5. The minimum atomic E-state index is -1.21. The van der Waals surface area contributed by atoms with E-state index in [4.69, 9.17) is 9.47 Å². The van der Waals surface area contributed by atoms with Crippen LogP contribution in [0.4, 0.5) is 0 Å². The number of nitrogens with one attached hydrogen (secondary N) is 3. The zero-order valence-electron chi connectivity index (χ0n) is 35.5. The first-order chi connectivity index (χ1) is 31.6. The molecule has 2 aliphatic rings. The number of thiophene rings is 1. The third kappa shape index (κ3) is 13.3. The molecule has 2 aliphatic heterocycles. The van der Waals surface area contributed by atoms with Gasteiger partial charge >= 0.3 is 11.9 Å². The van der Waals surface area contributed by atoms with E-state index in [0.717, 1.165) is 27.1 Å². The Labute approximate surface area is 381 Å². The van der Waals surface area contributed by atoms with Crippen molar-refractivity contribution in [1.29, 1.82) is 0 Å². The number of fused-ring (bicyclic) bond motifs is 16. The van der Waals surface area contributed by atoms with Gasteiger partial charge in [0.2, 0.25) is 11.8 Å². The van der Waals surface area contributed by atoms with Crippen LogP contribution in [0.15, 0.2) is 151 Å². The molecule has 4 N–H and O–H groups in total. The molecule has 3 heterocycles. The van der Waals surface area contributed by atoms with Crippen LogP contribution in [0.3, 0.4) is 0 Å². The summed E-state index contributed by atoms with van der Waals surface area (Å²) in [4.78, 5) is 82.3. The Morgan fingerprint density at radius 3 is 1.88 bits per heavy atom. The Kier molecular flexibility index (Phi) is 15.7. The van der Waals surface area contributed by atoms with Gasteiger partial charge < -0.3 is 30.5 Å². The van der Waals surface area contributed by atoms with Gasteiger partial charge in [-0.05, 0) is 88.4 Å². The van der Waals surface area contributed by atoms with Crippen LogP contribution in [0.1, 0.15) is 50.3 Å². The summed E-state index contributed by atoms with van der Waals surface area (Å²) in [5, 5.41) is 20.7. The molecule has 8 rings (SSSR count). The Morgan fingerprint density at radius 1 is 0.631 bits per heavy atom. The molecule has 12 nitrogen and oxygen atoms in total. The van der Waals surface area contributed by atoms with E-state index in [0.29, 0.717) is 28.9 Å². The maximum absolute atomic E-state index is 14.5. The van der Waals surface area contributed by atoms with E-state index in [2.05, 4.69) is 16.0 Å². The van der Waals surface area contributed by atoms with Gasteiger partial charge in [0.15, 0.2) is 12.4 Å². The Balaban J connectivity index is 1.14. The number of ether oxygens (including phenoxy) is 2. The lowest BCUT2D eigenvalue weighted by atomic mass is 9.90. The monoisotopic (exact) mass is 891 g/mol. The minimum absolute atomic E-state index is 0.0121. The second kappa shape index (κ2) is 22.3. The molecular formula is C52H49N3O9S. The first kappa shape index (κ1) is 45.6. The Hall–Kier alpha value is -7.38. The van der Waals surface area contributed by atoms with E-state index in [1.807, 2.05) is 115 Å². The summed E-state index contributed by atoms with van der Waals surface area (Å²) in [6, 6.07) is 40.2. The molecule has 4 atom stereocenters. The molecule has 0 unspecified atom stereocenters. The number of carboxylic acid groups (broad SMARTS) is 1. The van der Waals surface area contributed by atoms with Crippen LogP contribution in [0, 0.1) is 5.92 Å². The number of carbonyl (C=O) groups excluding carboxylic acids is 5. The van der Waals surface area contributed by atoms with E-state index in [-0.39, 0.29) is 38.7 Å². The second-order valence-corrected chi connectivity index (χ2v) is 17.0. The van der Waals surface area contributed by atoms with Crippen LogP contribution < -0.4 is 20.7 Å². The second-order valence-electron chi connectivity index (χ2n) is 15.9. The number of Topliss-reactive ketones (excluding diaryl/α,β-unsaturated/α-hetero) is 1. The van der Waals surface area contributed by atoms with Crippen molar-refractivity contribution in [2.45, 2.75) is 63.3 Å². The lowest BCUT2D eigenvalue weighted by Gasteiger charge is -2.26. The summed E-state index contributed by atoms with van der Waals surface area (Å²) in [7, 11) is 0. The highest BCUT2D eigenvalue weighted by molar-refractivity contribution is 7.09. The van der Waals surface area contributed by atoms with E-state index in [1.165, 1.54) is 11.3 Å². The molecule has 0 radical (unpaired) electrons. The van der Waals surface area contributed by atoms with E-state index in [9.17, 15) is 33.9 Å². The van der Waals surface area contributed by atoms with Gasteiger partial charge in [0, 0.05) is 24.1 Å². The van der Waals surface area contributed by atoms with Crippen molar-refractivity contribution in [2.24, 2.45) is 5.92 Å². The van der Waals surface area contributed by atoms with Gasteiger partial charge in [0.25, 0.3) is 5.91 Å². The summed E-state index contributed by atoms with van der Waals surface area (Å²) >= 11 is 1.42. The van der Waals surface area contributed by atoms with E-state index < -0.39 is 66.1 Å². The topological polar surface area (TPSA) is 177 Å². The lowest BCUT2D eigenvalue weighted by molar-refractivity contribution is -0.144. The van der Waals surface area contributed by atoms with Gasteiger partial charge in [-0.1, -0.05) is 115 Å². The molecule has 0 aliphatic carbocycles. The number of rotatable bonds is 12. The lowest BCUT2D eigenvalue weighted by Crippen LogP contribution is -2.57. The van der Waals surface area contributed by atoms with Gasteiger partial charge in [-0.25, -0.2) is 4.79 Å². The molecule has 3 amide bonds. The fourth-order valence-electron chi connectivity index (χ4n) is 7.56. The predicted octanol–water partition coefficient (Wildman–Crippen LogP) is 6.94. The van der Waals surface area contributed by atoms with Crippen LogP contribution in [0.5, 0.6) is 5.75 Å². The number of carbonyl (C=O) groups is 6. The molecule has 65 heavy (non-hydrogen) atoms. The van der Waals surface area contributed by atoms with Crippen LogP contribution >= 0.6 is 11.3 Å². The Bertz CT molecular complexity index is 2550. The van der Waals surface area contributed by atoms with Gasteiger partial charge in [-0.2, -0.15) is 0 Å². The number of amides is 3. The van der Waals surface area contributed by atoms with Crippen molar-refractivity contribution in [2.75, 3.05) is 6.61 Å². The molecule has 0 spiro atoms. The third-order valence-electron chi connectivity index (χ3n) is 11.2. The molecule has 13 heteroatoms. The van der Waals surface area contributed by atoms with Gasteiger partial charge in [-0.3, -0.25) is 24.0 Å². The van der Waals surface area contributed by atoms with Crippen molar-refractivity contribution in [1.82, 2.24) is 16.0 Å². The number of hydrogen-bond donors (Lipinski definition) is 4. The molecule has 332 valence electrons. The van der Waals surface area contributed by atoms with Crippen LogP contribution in [0.2, 0.25) is 0 Å². The first-order valence-corrected chi connectivity index (χ1v) is 22.3. The Morgan fingerprint density at radius 2 is 1.25 bits per heavy atom. The highest BCUT2D eigenvalue weighted by Gasteiger charge is 2.32. The van der Waals surface area contributed by atoms with Crippen LogP contribution in [0.25, 0.3) is 11.1 Å². The number of hydrogen-bond acceptors (Lipinski definition) is 9. The number of esters is 1. The fourth-order valence-corrected chi connectivity index (χ4v) is 8.31. The quantitative estimate of drug-likeness (QED) is 0.0749. The molecule has 0 saturated carbocycles. The van der Waals surface area contributed by atoms with Crippen molar-refractivity contribution >= 4 is 46.8 Å². The number of benzene rings is 5. The number of ketones is 1. The van der Waals surface area contributed by atoms with Gasteiger partial charge in [0.05, 0.1) is 17.5 Å². The predicted molar refractivity (Wildman–Crippen MR) is 246 cm³/mol. The maximum Gasteiger partial charge on any atom is 0.338 e. The molecule has 6 aromatic rings. The third-order valence-corrected chi connectivity index (χ3v) is 12.1. The summed E-state index contributed by atoms with van der Waals surface area (Å²) < 4.78 is 11.2. The summed E-state index contributed by atoms with van der Waals surface area (Å²) in [5.74, 6) is -4.60. The molecule has 0 fully saturated rings. The average molecular weight is 892 g/mol. The summed E-state index contributed by atoms with van der Waals surface area (Å²) in [6.07, 6.45) is 0.459. The summed E-state index contributed by atoms with van der Waals surface area (Å²) in [5.41, 5.74) is 5.22. The average Bonchev–Trinajstić information content (AvgIpc) is 3.85. The maximum atomic E-state index is 14.5. The SMILES string of the molecule is O=C1COc2ccc(cc2)C[C@@H](C(=O)O)CC(=O)[C@@H](CCc2ccccc2)NC(=O)[C@H](Cc2ccc(-c3ccc(C(=O)OCc4ccccc4)cc3)cc2)NC(=O)[C@@H](Cc2cccs2)N1. The zero-order valence-corrected chi connectivity index (χ0v) is 36.3. The standard InChI is InChI=1S/C52H49N3O9S/c56-47-30-41(51(60)61)28-35-15-24-42(25-16-35)63-33-48(57)53-46(31-43-12-7-27-65-43)50(59)55-45(49(58)54-44(47)26-17-34-8-3-1-4-9-34)29-36-13-18-38(19-14-36)39-20-22-40(23-21-39)52(62)64-32-37-10-5-2-6-11-37/h1-16,18-25,27,41,44-46H,17,26,28-33H2,(H,53,57)(H,54,58)(H,55,59)(H,60,61)/t41-,44-,45+,46-/m1/s1. The number of carboxylic acids is 1. The van der Waals surface area contributed by atoms with Gasteiger partial charge in [-0.15, -0.1) is 11.3 Å². The van der Waals surface area contributed by atoms with Crippen molar-refractivity contribution in [3.8, 4) is 16.9 Å². The first-order valence-electron chi connectivity index (χ1n) is 21.4. The molecule has 5 aromatic carbocycles. The largest absolute Gasteiger partial charge is 0.484 e. The molecular weight excluding hydrogens is 843 g/mol. The summed E-state index contributed by atoms with van der Waals surface area (Å²) in [6.45, 7) is -0.244. The smallest absolute Gasteiger partial charge is 0.338 e. The molecule has 0 saturated heterocycles. The highest BCUT2D eigenvalue weighted by atomic mass is 32.1. The normalized spacial score (nSPS) is 18.5. The molecule has 2 bridgehead atoms. The number of aliphatic carboxylic acids is 1. The minimum Gasteiger partial charge on any atom is -0.484 e. The molecule has 1 aromatic heterocycles.